The van der Waals surface area contributed by atoms with Gasteiger partial charge >= 0.3 is 0 Å². The Balaban J connectivity index is 1.88. The van der Waals surface area contributed by atoms with Gasteiger partial charge in [-0.1, -0.05) is 52.5 Å². The molecule has 2 aromatic rings. The van der Waals surface area contributed by atoms with Crippen LogP contribution in [0.15, 0.2) is 36.4 Å². The third-order valence-electron chi connectivity index (χ3n) is 2.41. The summed E-state index contributed by atoms with van der Waals surface area (Å²) < 4.78 is 11.0. The molecule has 0 saturated heterocycles. The van der Waals surface area contributed by atoms with Gasteiger partial charge in [0.05, 0.1) is 10.0 Å². The molecule has 20 heavy (non-hydrogen) atoms. The first-order valence-electron chi connectivity index (χ1n) is 5.72. The SMILES string of the molecule is Clc1ccc(Cl)c(OCCOc2cccc(Cl)c2Cl)c1. The molecule has 0 bridgehead atoms. The van der Waals surface area contributed by atoms with Crippen molar-refractivity contribution in [3.8, 4) is 11.5 Å². The Morgan fingerprint density at radius 3 is 2.20 bits per heavy atom. The van der Waals surface area contributed by atoms with Crippen LogP contribution in [-0.2, 0) is 0 Å². The molecular formula is C14H10Cl4O2. The predicted molar refractivity (Wildman–Crippen MR) is 83.9 cm³/mol. The van der Waals surface area contributed by atoms with Crippen molar-refractivity contribution < 1.29 is 9.47 Å². The van der Waals surface area contributed by atoms with Crippen molar-refractivity contribution in [2.24, 2.45) is 0 Å². The van der Waals surface area contributed by atoms with E-state index in [0.29, 0.717) is 44.8 Å². The van der Waals surface area contributed by atoms with E-state index in [-0.39, 0.29) is 0 Å². The molecule has 106 valence electrons. The third-order valence-corrected chi connectivity index (χ3v) is 3.76. The lowest BCUT2D eigenvalue weighted by Gasteiger charge is -2.11. The number of rotatable bonds is 5. The minimum atomic E-state index is 0.308. The Labute approximate surface area is 137 Å². The first-order chi connectivity index (χ1) is 9.58. The van der Waals surface area contributed by atoms with Crippen molar-refractivity contribution in [3.05, 3.63) is 56.5 Å². The van der Waals surface area contributed by atoms with Gasteiger partial charge < -0.3 is 9.47 Å². The summed E-state index contributed by atoms with van der Waals surface area (Å²) in [6.45, 7) is 0.617. The zero-order valence-electron chi connectivity index (χ0n) is 10.2. The lowest BCUT2D eigenvalue weighted by Crippen LogP contribution is -2.09. The lowest BCUT2D eigenvalue weighted by molar-refractivity contribution is 0.217. The number of hydrogen-bond donors (Lipinski definition) is 0. The van der Waals surface area contributed by atoms with E-state index in [1.54, 1.807) is 36.4 Å². The van der Waals surface area contributed by atoms with Gasteiger partial charge in [-0.3, -0.25) is 0 Å². The van der Waals surface area contributed by atoms with E-state index in [9.17, 15) is 0 Å². The summed E-state index contributed by atoms with van der Waals surface area (Å²) in [6, 6.07) is 10.2. The van der Waals surface area contributed by atoms with E-state index >= 15 is 0 Å². The van der Waals surface area contributed by atoms with E-state index in [1.165, 1.54) is 0 Å². The van der Waals surface area contributed by atoms with Gasteiger partial charge in [-0.15, -0.1) is 0 Å². The smallest absolute Gasteiger partial charge is 0.139 e. The number of halogens is 4. The summed E-state index contributed by atoms with van der Waals surface area (Å²) in [5, 5.41) is 1.89. The highest BCUT2D eigenvalue weighted by atomic mass is 35.5. The molecule has 0 aliphatic carbocycles. The molecule has 0 radical (unpaired) electrons. The van der Waals surface area contributed by atoms with Crippen LogP contribution in [0.5, 0.6) is 11.5 Å². The van der Waals surface area contributed by atoms with Crippen molar-refractivity contribution in [2.45, 2.75) is 0 Å². The van der Waals surface area contributed by atoms with E-state index in [2.05, 4.69) is 0 Å². The molecule has 0 heterocycles. The molecule has 0 N–H and O–H groups in total. The largest absolute Gasteiger partial charge is 0.488 e. The Morgan fingerprint density at radius 1 is 0.750 bits per heavy atom. The molecule has 0 saturated carbocycles. The van der Waals surface area contributed by atoms with E-state index in [4.69, 9.17) is 55.9 Å². The Hall–Kier alpha value is -0.800. The molecule has 2 aromatic carbocycles. The second-order valence-corrected chi connectivity index (χ2v) is 5.45. The Bertz CT molecular complexity index is 598. The summed E-state index contributed by atoms with van der Waals surface area (Å²) in [4.78, 5) is 0. The highest BCUT2D eigenvalue weighted by Crippen LogP contribution is 2.31. The highest BCUT2D eigenvalue weighted by Gasteiger charge is 2.06. The molecule has 0 atom stereocenters. The zero-order valence-corrected chi connectivity index (χ0v) is 13.2. The van der Waals surface area contributed by atoms with Crippen LogP contribution in [0.25, 0.3) is 0 Å². The second kappa shape index (κ2) is 7.28. The van der Waals surface area contributed by atoms with Gasteiger partial charge in [-0.25, -0.2) is 0 Å². The highest BCUT2D eigenvalue weighted by molar-refractivity contribution is 6.42. The van der Waals surface area contributed by atoms with Gasteiger partial charge in [0.2, 0.25) is 0 Å². The fourth-order valence-corrected chi connectivity index (χ4v) is 2.17. The van der Waals surface area contributed by atoms with Crippen LogP contribution in [0.2, 0.25) is 20.1 Å². The van der Waals surface area contributed by atoms with E-state index in [1.807, 2.05) is 0 Å². The predicted octanol–water partition coefficient (Wildman–Crippen LogP) is 5.76. The molecule has 0 amide bonds. The molecule has 0 unspecified atom stereocenters. The van der Waals surface area contributed by atoms with Gasteiger partial charge in [0, 0.05) is 11.1 Å². The Kier molecular flexibility index (Phi) is 5.67. The molecule has 0 aliphatic heterocycles. The van der Waals surface area contributed by atoms with Gasteiger partial charge in [0.1, 0.15) is 29.7 Å². The zero-order chi connectivity index (χ0) is 14.5. The van der Waals surface area contributed by atoms with Crippen molar-refractivity contribution in [2.75, 3.05) is 13.2 Å². The quantitative estimate of drug-likeness (QED) is 0.637. The number of benzene rings is 2. The van der Waals surface area contributed by atoms with Crippen LogP contribution in [0.4, 0.5) is 0 Å². The fraction of sp³-hybridized carbons (Fsp3) is 0.143. The lowest BCUT2D eigenvalue weighted by atomic mass is 10.3. The molecule has 2 nitrogen and oxygen atoms in total. The van der Waals surface area contributed by atoms with Gasteiger partial charge in [0.15, 0.2) is 0 Å². The van der Waals surface area contributed by atoms with E-state index < -0.39 is 0 Å². The molecule has 2 rings (SSSR count). The molecule has 0 fully saturated rings. The minimum Gasteiger partial charge on any atom is -0.488 e. The number of hydrogen-bond acceptors (Lipinski definition) is 2. The standard InChI is InChI=1S/C14H10Cl4O2/c15-9-4-5-10(16)13(8-9)20-7-6-19-12-3-1-2-11(17)14(12)18/h1-5,8H,6-7H2. The number of ether oxygens (including phenoxy) is 2. The average Bonchev–Trinajstić information content (AvgIpc) is 2.43. The van der Waals surface area contributed by atoms with Crippen LogP contribution < -0.4 is 9.47 Å². The summed E-state index contributed by atoms with van der Waals surface area (Å²) in [5.41, 5.74) is 0. The van der Waals surface area contributed by atoms with Crippen LogP contribution in [0, 0.1) is 0 Å². The molecule has 0 aliphatic rings. The van der Waals surface area contributed by atoms with Crippen molar-refractivity contribution >= 4 is 46.4 Å². The van der Waals surface area contributed by atoms with Gasteiger partial charge in [-0.2, -0.15) is 0 Å². The summed E-state index contributed by atoms with van der Waals surface area (Å²) in [5.74, 6) is 1.03. The first kappa shape index (κ1) is 15.6. The Morgan fingerprint density at radius 2 is 1.45 bits per heavy atom. The van der Waals surface area contributed by atoms with Crippen molar-refractivity contribution in [3.63, 3.8) is 0 Å². The van der Waals surface area contributed by atoms with Crippen LogP contribution >= 0.6 is 46.4 Å². The van der Waals surface area contributed by atoms with Gasteiger partial charge in [-0.05, 0) is 24.3 Å². The maximum Gasteiger partial charge on any atom is 0.139 e. The van der Waals surface area contributed by atoms with Crippen LogP contribution in [0.3, 0.4) is 0 Å². The van der Waals surface area contributed by atoms with Crippen molar-refractivity contribution in [1.82, 2.24) is 0 Å². The monoisotopic (exact) mass is 350 g/mol. The molecule has 0 aromatic heterocycles. The average molecular weight is 352 g/mol. The second-order valence-electron chi connectivity index (χ2n) is 3.82. The first-order valence-corrected chi connectivity index (χ1v) is 7.24. The molecular weight excluding hydrogens is 342 g/mol. The maximum atomic E-state index is 6.00. The molecule has 0 spiro atoms. The molecule has 6 heteroatoms. The minimum absolute atomic E-state index is 0.308. The van der Waals surface area contributed by atoms with Crippen LogP contribution in [0.1, 0.15) is 0 Å². The van der Waals surface area contributed by atoms with Crippen molar-refractivity contribution in [1.29, 1.82) is 0 Å². The third kappa shape index (κ3) is 4.10. The summed E-state index contributed by atoms with van der Waals surface area (Å²) >= 11 is 23.7. The summed E-state index contributed by atoms with van der Waals surface area (Å²) in [6.07, 6.45) is 0. The maximum absolute atomic E-state index is 6.00. The van der Waals surface area contributed by atoms with Gasteiger partial charge in [0.25, 0.3) is 0 Å². The topological polar surface area (TPSA) is 18.5 Å². The fourth-order valence-electron chi connectivity index (χ4n) is 1.49. The summed E-state index contributed by atoms with van der Waals surface area (Å²) in [7, 11) is 0. The van der Waals surface area contributed by atoms with E-state index in [0.717, 1.165) is 0 Å². The normalized spacial score (nSPS) is 10.4. The van der Waals surface area contributed by atoms with Crippen LogP contribution in [-0.4, -0.2) is 13.2 Å².